The first-order valence-corrected chi connectivity index (χ1v) is 8.35. The number of phenolic OH excluding ortho intramolecular Hbond substituents is 1. The van der Waals surface area contributed by atoms with Crippen molar-refractivity contribution in [3.8, 4) is 22.0 Å². The van der Waals surface area contributed by atoms with E-state index in [1.165, 1.54) is 23.5 Å². The number of thiophene rings is 1. The molecule has 124 valence electrons. The van der Waals surface area contributed by atoms with Crippen molar-refractivity contribution < 1.29 is 19.4 Å². The van der Waals surface area contributed by atoms with E-state index in [0.717, 1.165) is 4.88 Å². The highest BCUT2D eigenvalue weighted by Gasteiger charge is 2.25. The Balaban J connectivity index is 2.17. The zero-order valence-electron chi connectivity index (χ0n) is 12.8. The van der Waals surface area contributed by atoms with E-state index in [-0.39, 0.29) is 5.56 Å². The molecule has 0 unspecified atom stereocenters. The highest BCUT2D eigenvalue weighted by molar-refractivity contribution is 7.13. The van der Waals surface area contributed by atoms with Crippen LogP contribution in [0.5, 0.6) is 5.75 Å². The number of aromatic carboxylic acids is 1. The molecule has 0 saturated heterocycles. The predicted octanol–water partition coefficient (Wildman–Crippen LogP) is 4.90. The maximum Gasteiger partial charge on any atom is 0.338 e. The van der Waals surface area contributed by atoms with E-state index in [0.29, 0.717) is 22.3 Å². The summed E-state index contributed by atoms with van der Waals surface area (Å²) in [7, 11) is 0. The van der Waals surface area contributed by atoms with Crippen molar-refractivity contribution in [3.05, 3.63) is 71.4 Å². The molecule has 0 atom stereocenters. The van der Waals surface area contributed by atoms with Gasteiger partial charge in [0.2, 0.25) is 0 Å². The van der Waals surface area contributed by atoms with Crippen molar-refractivity contribution in [2.75, 3.05) is 0 Å². The molecule has 0 aliphatic carbocycles. The van der Waals surface area contributed by atoms with E-state index >= 15 is 0 Å². The Bertz CT molecular complexity index is 1100. The molecule has 2 N–H and O–H groups in total. The first-order chi connectivity index (χ1) is 12.1. The van der Waals surface area contributed by atoms with Crippen molar-refractivity contribution >= 4 is 28.2 Å². The maximum absolute atomic E-state index is 13.9. The Morgan fingerprint density at radius 2 is 1.88 bits per heavy atom. The standard InChI is InChI=1S/C19H12FNO3S/c20-13-10-11(7-8-15(13)22)21-14-5-2-1-4-12(14)17(19(23)24)18(21)16-6-3-9-25-16/h1-10,22H,(H,23,24). The molecule has 0 aliphatic rings. The Morgan fingerprint density at radius 3 is 2.56 bits per heavy atom. The molecule has 4 rings (SSSR count). The van der Waals surface area contributed by atoms with Crippen LogP contribution in [0.4, 0.5) is 4.39 Å². The third kappa shape index (κ3) is 2.38. The summed E-state index contributed by atoms with van der Waals surface area (Å²) in [5.41, 5.74) is 1.77. The fourth-order valence-corrected chi connectivity index (χ4v) is 3.77. The molecule has 25 heavy (non-hydrogen) atoms. The number of fused-ring (bicyclic) bond motifs is 1. The highest BCUT2D eigenvalue weighted by Crippen LogP contribution is 2.38. The molecular weight excluding hydrogens is 341 g/mol. The number of rotatable bonds is 3. The van der Waals surface area contributed by atoms with E-state index in [2.05, 4.69) is 0 Å². The number of carboxylic acid groups (broad SMARTS) is 1. The summed E-state index contributed by atoms with van der Waals surface area (Å²) < 4.78 is 15.6. The van der Waals surface area contributed by atoms with E-state index in [1.54, 1.807) is 34.9 Å². The summed E-state index contributed by atoms with van der Waals surface area (Å²) in [6, 6.07) is 14.8. The number of halogens is 1. The summed E-state index contributed by atoms with van der Waals surface area (Å²) in [4.78, 5) is 12.7. The minimum Gasteiger partial charge on any atom is -0.505 e. The molecule has 0 aliphatic heterocycles. The molecule has 0 saturated carbocycles. The normalized spacial score (nSPS) is 11.1. The number of hydrogen-bond donors (Lipinski definition) is 2. The zero-order valence-corrected chi connectivity index (χ0v) is 13.6. The monoisotopic (exact) mass is 353 g/mol. The van der Waals surface area contributed by atoms with Crippen LogP contribution in [-0.4, -0.2) is 20.7 Å². The third-order valence-corrected chi connectivity index (χ3v) is 4.91. The second kappa shape index (κ2) is 5.75. The van der Waals surface area contributed by atoms with Gasteiger partial charge in [0.15, 0.2) is 11.6 Å². The van der Waals surface area contributed by atoms with Gasteiger partial charge in [0, 0.05) is 17.1 Å². The molecular formula is C19H12FNO3S. The largest absolute Gasteiger partial charge is 0.505 e. The Hall–Kier alpha value is -3.12. The third-order valence-electron chi connectivity index (χ3n) is 4.03. The lowest BCUT2D eigenvalue weighted by atomic mass is 10.1. The summed E-state index contributed by atoms with van der Waals surface area (Å²) in [5.74, 6) is -2.25. The van der Waals surface area contributed by atoms with Gasteiger partial charge in [-0.15, -0.1) is 11.3 Å². The van der Waals surface area contributed by atoms with Crippen molar-refractivity contribution in [1.82, 2.24) is 4.57 Å². The smallest absolute Gasteiger partial charge is 0.338 e. The van der Waals surface area contributed by atoms with Gasteiger partial charge in [-0.25, -0.2) is 9.18 Å². The van der Waals surface area contributed by atoms with Gasteiger partial charge >= 0.3 is 5.97 Å². The summed E-state index contributed by atoms with van der Waals surface area (Å²) >= 11 is 1.41. The van der Waals surface area contributed by atoms with Gasteiger partial charge in [-0.1, -0.05) is 24.3 Å². The van der Waals surface area contributed by atoms with Gasteiger partial charge in [-0.05, 0) is 29.6 Å². The summed E-state index contributed by atoms with van der Waals surface area (Å²) in [5, 5.41) is 21.7. The van der Waals surface area contributed by atoms with E-state index in [4.69, 9.17) is 0 Å². The molecule has 0 bridgehead atoms. The van der Waals surface area contributed by atoms with Crippen LogP contribution in [0.2, 0.25) is 0 Å². The lowest BCUT2D eigenvalue weighted by molar-refractivity contribution is 0.0700. The Labute approximate surface area is 146 Å². The molecule has 0 fully saturated rings. The van der Waals surface area contributed by atoms with Crippen LogP contribution in [0.1, 0.15) is 10.4 Å². The van der Waals surface area contributed by atoms with Crippen molar-refractivity contribution in [3.63, 3.8) is 0 Å². The Kier molecular flexibility index (Phi) is 3.54. The van der Waals surface area contributed by atoms with Crippen molar-refractivity contribution in [1.29, 1.82) is 0 Å². The number of nitrogens with zero attached hydrogens (tertiary/aromatic N) is 1. The average molecular weight is 353 g/mol. The van der Waals surface area contributed by atoms with Gasteiger partial charge in [-0.2, -0.15) is 0 Å². The molecule has 0 radical (unpaired) electrons. The fraction of sp³-hybridized carbons (Fsp3) is 0. The lowest BCUT2D eigenvalue weighted by Crippen LogP contribution is -2.01. The molecule has 0 amide bonds. The topological polar surface area (TPSA) is 62.5 Å². The molecule has 2 heterocycles. The maximum atomic E-state index is 13.9. The number of aromatic nitrogens is 1. The van der Waals surface area contributed by atoms with Gasteiger partial charge in [0.1, 0.15) is 0 Å². The van der Waals surface area contributed by atoms with Crippen molar-refractivity contribution in [2.45, 2.75) is 0 Å². The number of benzene rings is 2. The number of aromatic hydroxyl groups is 1. The number of hydrogen-bond acceptors (Lipinski definition) is 3. The fourth-order valence-electron chi connectivity index (χ4n) is 3.01. The van der Waals surface area contributed by atoms with Gasteiger partial charge in [0.25, 0.3) is 0 Å². The van der Waals surface area contributed by atoms with Crippen LogP contribution in [0, 0.1) is 5.82 Å². The molecule has 0 spiro atoms. The number of carboxylic acids is 1. The first-order valence-electron chi connectivity index (χ1n) is 7.47. The first kappa shape index (κ1) is 15.4. The number of carbonyl (C=O) groups is 1. The molecule has 2 aromatic carbocycles. The molecule has 4 aromatic rings. The summed E-state index contributed by atoms with van der Waals surface area (Å²) in [6.07, 6.45) is 0. The van der Waals surface area contributed by atoms with Gasteiger partial charge in [0.05, 0.1) is 21.7 Å². The van der Waals surface area contributed by atoms with Gasteiger partial charge in [-0.3, -0.25) is 0 Å². The van der Waals surface area contributed by atoms with Crippen LogP contribution >= 0.6 is 11.3 Å². The SMILES string of the molecule is O=C(O)c1c(-c2cccs2)n(-c2ccc(O)c(F)c2)c2ccccc12. The second-order valence-electron chi connectivity index (χ2n) is 5.49. The molecule has 4 nitrogen and oxygen atoms in total. The Morgan fingerprint density at radius 1 is 1.08 bits per heavy atom. The predicted molar refractivity (Wildman–Crippen MR) is 95.2 cm³/mol. The average Bonchev–Trinajstić information content (AvgIpc) is 3.22. The van der Waals surface area contributed by atoms with Crippen LogP contribution in [0.15, 0.2) is 60.0 Å². The van der Waals surface area contributed by atoms with E-state index < -0.39 is 17.5 Å². The second-order valence-corrected chi connectivity index (χ2v) is 6.44. The quantitative estimate of drug-likeness (QED) is 0.550. The summed E-state index contributed by atoms with van der Waals surface area (Å²) in [6.45, 7) is 0. The highest BCUT2D eigenvalue weighted by atomic mass is 32.1. The van der Waals surface area contributed by atoms with Crippen molar-refractivity contribution in [2.24, 2.45) is 0 Å². The van der Waals surface area contributed by atoms with Crippen LogP contribution < -0.4 is 0 Å². The molecule has 2 aromatic heterocycles. The number of para-hydroxylation sites is 1. The van der Waals surface area contributed by atoms with Crippen LogP contribution in [-0.2, 0) is 0 Å². The minimum atomic E-state index is -1.04. The van der Waals surface area contributed by atoms with E-state index in [1.807, 2.05) is 17.5 Å². The van der Waals surface area contributed by atoms with E-state index in [9.17, 15) is 19.4 Å². The van der Waals surface area contributed by atoms with Crippen LogP contribution in [0.25, 0.3) is 27.2 Å². The van der Waals surface area contributed by atoms with Crippen LogP contribution in [0.3, 0.4) is 0 Å². The van der Waals surface area contributed by atoms with Gasteiger partial charge < -0.3 is 14.8 Å². The number of phenols is 1. The molecule has 6 heteroatoms. The lowest BCUT2D eigenvalue weighted by Gasteiger charge is -2.11. The minimum absolute atomic E-state index is 0.173. The zero-order chi connectivity index (χ0) is 17.6.